The lowest BCUT2D eigenvalue weighted by atomic mass is 10.4. The number of rotatable bonds is 4. The van der Waals surface area contributed by atoms with Crippen LogP contribution in [-0.4, -0.2) is 15.0 Å². The van der Waals surface area contributed by atoms with Crippen molar-refractivity contribution in [2.24, 2.45) is 0 Å². The molecule has 0 unspecified atom stereocenters. The Morgan fingerprint density at radius 3 is 2.53 bits per heavy atom. The number of hydrogen-bond donors (Lipinski definition) is 1. The zero-order valence-corrected chi connectivity index (χ0v) is 10.3. The molecule has 2 heterocycles. The fourth-order valence-corrected chi connectivity index (χ4v) is 1.42. The maximum atomic E-state index is 5.46. The van der Waals surface area contributed by atoms with E-state index in [2.05, 4.69) is 20.3 Å². The first-order chi connectivity index (χ1) is 8.15. The van der Waals surface area contributed by atoms with Crippen molar-refractivity contribution in [2.75, 3.05) is 0 Å². The summed E-state index contributed by atoms with van der Waals surface area (Å²) < 4.78 is 5.46. The second-order valence-electron chi connectivity index (χ2n) is 4.00. The smallest absolute Gasteiger partial charge is 0.208 e. The van der Waals surface area contributed by atoms with Crippen LogP contribution in [-0.2, 0) is 13.1 Å². The number of nitrogens with one attached hydrogen (secondary N) is 1. The van der Waals surface area contributed by atoms with Gasteiger partial charge in [-0.15, -0.1) is 0 Å². The van der Waals surface area contributed by atoms with E-state index in [4.69, 9.17) is 4.42 Å². The molecule has 0 aromatic carbocycles. The van der Waals surface area contributed by atoms with Crippen LogP contribution in [0.1, 0.15) is 28.7 Å². The highest BCUT2D eigenvalue weighted by atomic mass is 16.4. The quantitative estimate of drug-likeness (QED) is 0.868. The van der Waals surface area contributed by atoms with Gasteiger partial charge < -0.3 is 9.73 Å². The maximum Gasteiger partial charge on any atom is 0.208 e. The lowest BCUT2D eigenvalue weighted by Crippen LogP contribution is -2.14. The fourth-order valence-electron chi connectivity index (χ4n) is 1.42. The van der Waals surface area contributed by atoms with Gasteiger partial charge in [-0.3, -0.25) is 9.97 Å². The Labute approximate surface area is 100 Å². The Kier molecular flexibility index (Phi) is 3.49. The summed E-state index contributed by atoms with van der Waals surface area (Å²) in [4.78, 5) is 12.7. The Morgan fingerprint density at radius 1 is 1.12 bits per heavy atom. The summed E-state index contributed by atoms with van der Waals surface area (Å²) in [5.41, 5.74) is 2.78. The third-order valence-electron chi connectivity index (χ3n) is 2.49. The van der Waals surface area contributed by atoms with E-state index in [0.717, 1.165) is 22.8 Å². The van der Waals surface area contributed by atoms with Crippen molar-refractivity contribution in [2.45, 2.75) is 33.9 Å². The minimum Gasteiger partial charge on any atom is -0.444 e. The zero-order valence-electron chi connectivity index (χ0n) is 10.3. The summed E-state index contributed by atoms with van der Waals surface area (Å²) in [6.45, 7) is 7.03. The molecule has 5 heteroatoms. The standard InChI is InChI=1S/C12H16N4O/c1-8-4-15-11(6-14-8)5-13-7-12-16-9(2)10(3)17-12/h4,6,13H,5,7H2,1-3H3. The van der Waals surface area contributed by atoms with Gasteiger partial charge in [0.15, 0.2) is 0 Å². The molecule has 0 saturated heterocycles. The summed E-state index contributed by atoms with van der Waals surface area (Å²) >= 11 is 0. The van der Waals surface area contributed by atoms with Crippen LogP contribution in [0.15, 0.2) is 16.8 Å². The van der Waals surface area contributed by atoms with Gasteiger partial charge in [0.1, 0.15) is 5.76 Å². The van der Waals surface area contributed by atoms with Crippen LogP contribution < -0.4 is 5.32 Å². The van der Waals surface area contributed by atoms with Crippen molar-refractivity contribution in [1.29, 1.82) is 0 Å². The molecule has 2 aromatic heterocycles. The van der Waals surface area contributed by atoms with E-state index in [9.17, 15) is 0 Å². The number of hydrogen-bond acceptors (Lipinski definition) is 5. The van der Waals surface area contributed by atoms with Crippen LogP contribution >= 0.6 is 0 Å². The van der Waals surface area contributed by atoms with E-state index in [1.165, 1.54) is 0 Å². The topological polar surface area (TPSA) is 63.8 Å². The van der Waals surface area contributed by atoms with Gasteiger partial charge in [-0.1, -0.05) is 0 Å². The first-order valence-electron chi connectivity index (χ1n) is 5.56. The van der Waals surface area contributed by atoms with Gasteiger partial charge in [-0.25, -0.2) is 4.98 Å². The molecule has 0 atom stereocenters. The predicted molar refractivity (Wildman–Crippen MR) is 63.3 cm³/mol. The minimum absolute atomic E-state index is 0.601. The van der Waals surface area contributed by atoms with Crippen molar-refractivity contribution in [3.8, 4) is 0 Å². The number of aromatic nitrogens is 3. The second kappa shape index (κ2) is 5.05. The van der Waals surface area contributed by atoms with E-state index in [1.54, 1.807) is 12.4 Å². The SMILES string of the molecule is Cc1cnc(CNCc2nc(C)c(C)o2)cn1. The summed E-state index contributed by atoms with van der Waals surface area (Å²) in [5.74, 6) is 1.58. The molecule has 0 aliphatic rings. The molecule has 90 valence electrons. The summed E-state index contributed by atoms with van der Waals surface area (Å²) in [6.07, 6.45) is 3.53. The molecule has 0 saturated carbocycles. The molecular weight excluding hydrogens is 216 g/mol. The summed E-state index contributed by atoms with van der Waals surface area (Å²) in [7, 11) is 0. The van der Waals surface area contributed by atoms with E-state index in [-0.39, 0.29) is 0 Å². The van der Waals surface area contributed by atoms with E-state index in [1.807, 2.05) is 20.8 Å². The van der Waals surface area contributed by atoms with Crippen LogP contribution in [0.4, 0.5) is 0 Å². The Bertz CT molecular complexity index is 470. The third-order valence-corrected chi connectivity index (χ3v) is 2.49. The van der Waals surface area contributed by atoms with Gasteiger partial charge in [-0.05, 0) is 20.8 Å². The molecule has 0 aliphatic carbocycles. The molecule has 2 rings (SSSR count). The number of oxazole rings is 1. The van der Waals surface area contributed by atoms with Crippen LogP contribution in [0, 0.1) is 20.8 Å². The molecular formula is C12H16N4O. The fraction of sp³-hybridized carbons (Fsp3) is 0.417. The monoisotopic (exact) mass is 232 g/mol. The van der Waals surface area contributed by atoms with Gasteiger partial charge in [0.05, 0.1) is 23.6 Å². The van der Waals surface area contributed by atoms with Gasteiger partial charge in [0.25, 0.3) is 0 Å². The highest BCUT2D eigenvalue weighted by molar-refractivity contribution is 5.05. The highest BCUT2D eigenvalue weighted by Gasteiger charge is 2.04. The largest absolute Gasteiger partial charge is 0.444 e. The van der Waals surface area contributed by atoms with Crippen molar-refractivity contribution >= 4 is 0 Å². The number of aryl methyl sites for hydroxylation is 3. The third kappa shape index (κ3) is 3.10. The van der Waals surface area contributed by atoms with Crippen LogP contribution in [0.3, 0.4) is 0 Å². The van der Waals surface area contributed by atoms with Crippen LogP contribution in [0.25, 0.3) is 0 Å². The van der Waals surface area contributed by atoms with Gasteiger partial charge in [0.2, 0.25) is 5.89 Å². The molecule has 2 aromatic rings. The molecule has 0 bridgehead atoms. The normalized spacial score (nSPS) is 10.8. The molecule has 0 spiro atoms. The average Bonchev–Trinajstić information content (AvgIpc) is 2.61. The summed E-state index contributed by atoms with van der Waals surface area (Å²) in [5, 5.41) is 3.22. The van der Waals surface area contributed by atoms with Crippen LogP contribution in [0.2, 0.25) is 0 Å². The van der Waals surface area contributed by atoms with Gasteiger partial charge >= 0.3 is 0 Å². The van der Waals surface area contributed by atoms with Crippen LogP contribution in [0.5, 0.6) is 0 Å². The molecule has 0 radical (unpaired) electrons. The van der Waals surface area contributed by atoms with Crippen molar-refractivity contribution in [1.82, 2.24) is 20.3 Å². The Balaban J connectivity index is 1.85. The molecule has 17 heavy (non-hydrogen) atoms. The zero-order chi connectivity index (χ0) is 12.3. The second-order valence-corrected chi connectivity index (χ2v) is 4.00. The minimum atomic E-state index is 0.601. The number of nitrogens with zero attached hydrogens (tertiary/aromatic N) is 3. The van der Waals surface area contributed by atoms with E-state index in [0.29, 0.717) is 19.0 Å². The molecule has 0 amide bonds. The summed E-state index contributed by atoms with van der Waals surface area (Å²) in [6, 6.07) is 0. The van der Waals surface area contributed by atoms with Gasteiger partial charge in [-0.2, -0.15) is 0 Å². The molecule has 1 N–H and O–H groups in total. The first-order valence-corrected chi connectivity index (χ1v) is 5.56. The first kappa shape index (κ1) is 11.7. The van der Waals surface area contributed by atoms with Gasteiger partial charge in [0, 0.05) is 18.9 Å². The van der Waals surface area contributed by atoms with Crippen molar-refractivity contribution < 1.29 is 4.42 Å². The predicted octanol–water partition coefficient (Wildman–Crippen LogP) is 1.68. The molecule has 5 nitrogen and oxygen atoms in total. The van der Waals surface area contributed by atoms with Crippen molar-refractivity contribution in [3.63, 3.8) is 0 Å². The molecule has 0 aliphatic heterocycles. The average molecular weight is 232 g/mol. The van der Waals surface area contributed by atoms with Crippen molar-refractivity contribution in [3.05, 3.63) is 41.1 Å². The molecule has 0 fully saturated rings. The highest BCUT2D eigenvalue weighted by Crippen LogP contribution is 2.07. The Hall–Kier alpha value is -1.75. The van der Waals surface area contributed by atoms with E-state index < -0.39 is 0 Å². The lowest BCUT2D eigenvalue weighted by Gasteiger charge is -2.01. The Morgan fingerprint density at radius 2 is 1.94 bits per heavy atom. The maximum absolute atomic E-state index is 5.46. The lowest BCUT2D eigenvalue weighted by molar-refractivity contribution is 0.447. The van der Waals surface area contributed by atoms with E-state index >= 15 is 0 Å².